The van der Waals surface area contributed by atoms with Crippen LogP contribution in [0.5, 0.6) is 5.75 Å². The van der Waals surface area contributed by atoms with Crippen molar-refractivity contribution in [2.45, 2.75) is 69.0 Å². The Kier molecular flexibility index (Phi) is 8.02. The summed E-state index contributed by atoms with van der Waals surface area (Å²) in [5, 5.41) is 3.40. The molecule has 1 heterocycles. The normalized spacial score (nSPS) is 30.8. The second kappa shape index (κ2) is 10.3. The van der Waals surface area contributed by atoms with Crippen molar-refractivity contribution in [1.29, 1.82) is 0 Å². The summed E-state index contributed by atoms with van der Waals surface area (Å²) >= 11 is 0. The fraction of sp³-hybridized carbons (Fsp3) is 0.714. The third-order valence-corrected chi connectivity index (χ3v) is 6.66. The van der Waals surface area contributed by atoms with E-state index in [1.54, 1.807) is 0 Å². The van der Waals surface area contributed by atoms with Gasteiger partial charge in [-0.15, -0.1) is 0 Å². The van der Waals surface area contributed by atoms with Gasteiger partial charge in [0, 0.05) is 12.1 Å². The van der Waals surface area contributed by atoms with Gasteiger partial charge in [0.1, 0.15) is 5.75 Å². The second-order valence-corrected chi connectivity index (χ2v) is 9.99. The fourth-order valence-corrected chi connectivity index (χ4v) is 5.39. The molecule has 1 saturated heterocycles. The third-order valence-electron chi connectivity index (χ3n) is 5.93. The Labute approximate surface area is 176 Å². The van der Waals surface area contributed by atoms with Crippen LogP contribution in [0, 0.1) is 0 Å². The standard InChI is InChI=1S/C21H33BN2O4S/c1-3-27-21-9-5-4-7-17(21)16-11-10-15(13-18(16)22)28-14-20-19(8-6-12-23-20)24-29(2,25)26/h4-5,7,9,15-16,18-20,23-24H,3,6,8,10-14H2,1-2H3/t15-,16-,18?,19-,20-/m0/s1. The maximum atomic E-state index is 11.6. The molecule has 1 saturated carbocycles. The SMILES string of the molecule is [B]C1C[C@@H](OC[C@@H]2NCCC[C@@H]2NS(C)(=O)=O)CC[C@H]1c1ccccc1OCC. The highest BCUT2D eigenvalue weighted by molar-refractivity contribution is 7.88. The lowest BCUT2D eigenvalue weighted by Gasteiger charge is -2.37. The molecule has 2 fully saturated rings. The van der Waals surface area contributed by atoms with E-state index in [0.29, 0.717) is 13.2 Å². The van der Waals surface area contributed by atoms with Gasteiger partial charge < -0.3 is 14.8 Å². The number of nitrogens with one attached hydrogen (secondary N) is 2. The molecule has 29 heavy (non-hydrogen) atoms. The van der Waals surface area contributed by atoms with Gasteiger partial charge in [0.05, 0.1) is 33.4 Å². The number of benzene rings is 1. The second-order valence-electron chi connectivity index (χ2n) is 8.21. The highest BCUT2D eigenvalue weighted by Crippen LogP contribution is 2.44. The molecule has 1 aromatic carbocycles. The van der Waals surface area contributed by atoms with Gasteiger partial charge in [-0.3, -0.25) is 0 Å². The minimum atomic E-state index is -3.23. The molecule has 2 aliphatic rings. The van der Waals surface area contributed by atoms with E-state index >= 15 is 0 Å². The number of para-hydroxylation sites is 1. The van der Waals surface area contributed by atoms with Crippen LogP contribution < -0.4 is 14.8 Å². The molecule has 0 aromatic heterocycles. The molecule has 8 heteroatoms. The van der Waals surface area contributed by atoms with Gasteiger partial charge in [-0.05, 0) is 63.1 Å². The molecule has 1 aliphatic carbocycles. The molecule has 2 radical (unpaired) electrons. The van der Waals surface area contributed by atoms with Gasteiger partial charge in [-0.1, -0.05) is 24.0 Å². The van der Waals surface area contributed by atoms with E-state index < -0.39 is 10.0 Å². The summed E-state index contributed by atoms with van der Waals surface area (Å²) in [4.78, 5) is 0. The fourth-order valence-electron chi connectivity index (χ4n) is 4.56. The molecular formula is C21H33BN2O4S. The third kappa shape index (κ3) is 6.44. The van der Waals surface area contributed by atoms with Crippen molar-refractivity contribution >= 4 is 17.9 Å². The van der Waals surface area contributed by atoms with Gasteiger partial charge in [0.2, 0.25) is 10.0 Å². The molecule has 2 N–H and O–H groups in total. The van der Waals surface area contributed by atoms with E-state index in [4.69, 9.17) is 17.3 Å². The van der Waals surface area contributed by atoms with E-state index in [1.807, 2.05) is 25.1 Å². The summed E-state index contributed by atoms with van der Waals surface area (Å²) in [5.41, 5.74) is 1.19. The average molecular weight is 420 g/mol. The first-order valence-electron chi connectivity index (χ1n) is 10.7. The first-order chi connectivity index (χ1) is 13.9. The van der Waals surface area contributed by atoms with Crippen molar-refractivity contribution < 1.29 is 17.9 Å². The van der Waals surface area contributed by atoms with Crippen molar-refractivity contribution in [2.24, 2.45) is 0 Å². The number of ether oxygens (including phenoxy) is 2. The summed E-state index contributed by atoms with van der Waals surface area (Å²) in [6.45, 7) is 4.01. The predicted molar refractivity (Wildman–Crippen MR) is 116 cm³/mol. The van der Waals surface area contributed by atoms with Crippen LogP contribution in [0.25, 0.3) is 0 Å². The largest absolute Gasteiger partial charge is 0.494 e. The van der Waals surface area contributed by atoms with Crippen molar-refractivity contribution in [3.8, 4) is 5.75 Å². The van der Waals surface area contributed by atoms with E-state index in [0.717, 1.165) is 44.4 Å². The summed E-state index contributed by atoms with van der Waals surface area (Å²) in [6.07, 6.45) is 5.78. The number of hydrogen-bond donors (Lipinski definition) is 2. The van der Waals surface area contributed by atoms with Crippen LogP contribution >= 0.6 is 0 Å². The van der Waals surface area contributed by atoms with Crippen LogP contribution in [-0.2, 0) is 14.8 Å². The number of sulfonamides is 1. The van der Waals surface area contributed by atoms with Crippen LogP contribution in [0.2, 0.25) is 5.82 Å². The molecule has 1 unspecified atom stereocenters. The zero-order valence-corrected chi connectivity index (χ0v) is 18.3. The lowest BCUT2D eigenvalue weighted by atomic mass is 9.65. The molecular weight excluding hydrogens is 387 g/mol. The van der Waals surface area contributed by atoms with Gasteiger partial charge in [0.15, 0.2) is 0 Å². The molecule has 160 valence electrons. The molecule has 0 bridgehead atoms. The Morgan fingerprint density at radius 1 is 1.24 bits per heavy atom. The minimum absolute atomic E-state index is 0.00824. The number of piperidine rings is 1. The first kappa shape index (κ1) is 22.6. The topological polar surface area (TPSA) is 76.7 Å². The van der Waals surface area contributed by atoms with Gasteiger partial charge in [-0.2, -0.15) is 0 Å². The Morgan fingerprint density at radius 2 is 2.03 bits per heavy atom. The van der Waals surface area contributed by atoms with Crippen molar-refractivity contribution in [3.63, 3.8) is 0 Å². The van der Waals surface area contributed by atoms with Crippen LogP contribution in [0.4, 0.5) is 0 Å². The predicted octanol–water partition coefficient (Wildman–Crippen LogP) is 2.36. The van der Waals surface area contributed by atoms with Crippen LogP contribution in [0.1, 0.15) is 50.5 Å². The van der Waals surface area contributed by atoms with Crippen molar-refractivity contribution in [2.75, 3.05) is 26.0 Å². The van der Waals surface area contributed by atoms with Crippen molar-refractivity contribution in [1.82, 2.24) is 10.0 Å². The van der Waals surface area contributed by atoms with E-state index in [9.17, 15) is 8.42 Å². The molecule has 1 aliphatic heterocycles. The van der Waals surface area contributed by atoms with E-state index in [1.165, 1.54) is 11.8 Å². The van der Waals surface area contributed by atoms with Crippen LogP contribution in [-0.4, -0.2) is 60.5 Å². The zero-order valence-electron chi connectivity index (χ0n) is 17.5. The quantitative estimate of drug-likeness (QED) is 0.632. The van der Waals surface area contributed by atoms with Crippen LogP contribution in [0.3, 0.4) is 0 Å². The van der Waals surface area contributed by atoms with E-state index in [-0.39, 0.29) is 29.9 Å². The summed E-state index contributed by atoms with van der Waals surface area (Å²) in [6, 6.07) is 8.03. The van der Waals surface area contributed by atoms with Crippen LogP contribution in [0.15, 0.2) is 24.3 Å². The number of rotatable bonds is 8. The summed E-state index contributed by atoms with van der Waals surface area (Å²) < 4.78 is 38.0. The van der Waals surface area contributed by atoms with E-state index in [2.05, 4.69) is 16.1 Å². The summed E-state index contributed by atoms with van der Waals surface area (Å²) in [7, 11) is 3.31. The Hall–Kier alpha value is -1.09. The molecule has 0 amide bonds. The molecule has 3 rings (SSSR count). The molecule has 1 aromatic rings. The molecule has 5 atom stereocenters. The minimum Gasteiger partial charge on any atom is -0.494 e. The maximum Gasteiger partial charge on any atom is 0.209 e. The zero-order chi connectivity index (χ0) is 20.9. The van der Waals surface area contributed by atoms with Gasteiger partial charge in [0.25, 0.3) is 0 Å². The first-order valence-corrected chi connectivity index (χ1v) is 12.6. The molecule has 6 nitrogen and oxygen atoms in total. The lowest BCUT2D eigenvalue weighted by Crippen LogP contribution is -2.55. The number of hydrogen-bond acceptors (Lipinski definition) is 5. The Morgan fingerprint density at radius 3 is 2.76 bits per heavy atom. The highest BCUT2D eigenvalue weighted by atomic mass is 32.2. The lowest BCUT2D eigenvalue weighted by molar-refractivity contribution is 0.00543. The Bertz CT molecular complexity index is 761. The van der Waals surface area contributed by atoms with Crippen molar-refractivity contribution in [3.05, 3.63) is 29.8 Å². The van der Waals surface area contributed by atoms with Gasteiger partial charge in [-0.25, -0.2) is 13.1 Å². The van der Waals surface area contributed by atoms with Gasteiger partial charge >= 0.3 is 0 Å². The average Bonchev–Trinajstić information content (AvgIpc) is 2.67. The summed E-state index contributed by atoms with van der Waals surface area (Å²) in [5.74, 6) is 1.21. The highest BCUT2D eigenvalue weighted by Gasteiger charge is 2.32. The maximum absolute atomic E-state index is 11.6. The monoisotopic (exact) mass is 420 g/mol. The Balaban J connectivity index is 1.55. The molecule has 0 spiro atoms. The smallest absolute Gasteiger partial charge is 0.209 e.